The lowest BCUT2D eigenvalue weighted by Gasteiger charge is -2.57. The zero-order valence-corrected chi connectivity index (χ0v) is 19.0. The van der Waals surface area contributed by atoms with Crippen molar-refractivity contribution in [1.82, 2.24) is 4.90 Å². The van der Waals surface area contributed by atoms with E-state index in [-0.39, 0.29) is 11.9 Å². The lowest BCUT2D eigenvalue weighted by molar-refractivity contribution is -0.153. The van der Waals surface area contributed by atoms with Gasteiger partial charge >= 0.3 is 0 Å². The lowest BCUT2D eigenvalue weighted by Crippen LogP contribution is -2.58. The van der Waals surface area contributed by atoms with Crippen molar-refractivity contribution in [2.24, 2.45) is 23.7 Å². The number of rotatable bonds is 8. The Morgan fingerprint density at radius 2 is 1.56 bits per heavy atom. The van der Waals surface area contributed by atoms with Gasteiger partial charge in [0.15, 0.2) is 0 Å². The molecule has 170 valence electrons. The molecule has 6 rings (SSSR count). The fraction of sp³-hybridized carbons (Fsp3) is 0.536. The highest BCUT2D eigenvalue weighted by atomic mass is 16.5. The zero-order chi connectivity index (χ0) is 22.1. The van der Waals surface area contributed by atoms with Gasteiger partial charge in [0.2, 0.25) is 0 Å². The molecule has 4 bridgehead atoms. The Kier molecular flexibility index (Phi) is 6.23. The highest BCUT2D eigenvalue weighted by Gasteiger charge is 2.51. The number of hydrogen-bond donors (Lipinski definition) is 1. The molecule has 0 heterocycles. The van der Waals surface area contributed by atoms with Gasteiger partial charge in [0.25, 0.3) is 5.91 Å². The van der Waals surface area contributed by atoms with Crippen molar-refractivity contribution >= 4 is 5.91 Å². The number of nitrogens with zero attached hydrogens (tertiary/aromatic N) is 1. The average molecular weight is 434 g/mol. The molecule has 4 aliphatic rings. The molecule has 4 aliphatic carbocycles. The third-order valence-corrected chi connectivity index (χ3v) is 8.02. The predicted molar refractivity (Wildman–Crippen MR) is 125 cm³/mol. The van der Waals surface area contributed by atoms with Crippen LogP contribution in [-0.2, 0) is 17.9 Å². The van der Waals surface area contributed by atoms with Gasteiger partial charge < -0.3 is 14.7 Å². The molecule has 2 aromatic carbocycles. The van der Waals surface area contributed by atoms with Gasteiger partial charge in [-0.15, -0.1) is 0 Å². The number of aliphatic hydroxyl groups is 1. The van der Waals surface area contributed by atoms with Crippen LogP contribution >= 0.6 is 0 Å². The predicted octanol–water partition coefficient (Wildman–Crippen LogP) is 5.19. The minimum absolute atomic E-state index is 0.0885. The lowest BCUT2D eigenvalue weighted by atomic mass is 9.54. The third kappa shape index (κ3) is 4.43. The van der Waals surface area contributed by atoms with Crippen molar-refractivity contribution in [3.05, 3.63) is 65.7 Å². The number of ether oxygens (including phenoxy) is 1. The van der Waals surface area contributed by atoms with Crippen LogP contribution in [0.2, 0.25) is 0 Å². The summed E-state index contributed by atoms with van der Waals surface area (Å²) in [5.74, 6) is 3.68. The van der Waals surface area contributed by atoms with Crippen molar-refractivity contribution in [2.75, 3.05) is 0 Å². The standard InChI is InChI=1S/C28H35NO3/c1-2-26(30)28(31)29(27-23-13-21-12-22(15-23)16-24(27)14-21)17-19-8-10-25(11-9-19)32-18-20-6-4-3-5-7-20/h3-11,21-24,26-27,30H,2,12-18H2,1H3. The summed E-state index contributed by atoms with van der Waals surface area (Å²) in [4.78, 5) is 15.3. The summed E-state index contributed by atoms with van der Waals surface area (Å²) in [6, 6.07) is 18.6. The Hall–Kier alpha value is -2.33. The third-order valence-electron chi connectivity index (χ3n) is 8.02. The maximum atomic E-state index is 13.3. The Morgan fingerprint density at radius 1 is 0.938 bits per heavy atom. The first-order valence-electron chi connectivity index (χ1n) is 12.3. The number of aliphatic hydroxyl groups excluding tert-OH is 1. The maximum Gasteiger partial charge on any atom is 0.251 e. The fourth-order valence-corrected chi connectivity index (χ4v) is 6.73. The maximum absolute atomic E-state index is 13.3. The van der Waals surface area contributed by atoms with Gasteiger partial charge in [0.1, 0.15) is 18.5 Å². The van der Waals surface area contributed by atoms with Crippen LogP contribution in [0.5, 0.6) is 5.75 Å². The minimum atomic E-state index is -0.902. The molecule has 2 aromatic rings. The van der Waals surface area contributed by atoms with Gasteiger partial charge in [-0.1, -0.05) is 49.4 Å². The van der Waals surface area contributed by atoms with Crippen LogP contribution in [0.25, 0.3) is 0 Å². The van der Waals surface area contributed by atoms with Gasteiger partial charge in [0.05, 0.1) is 0 Å². The van der Waals surface area contributed by atoms with Crippen molar-refractivity contribution in [1.29, 1.82) is 0 Å². The molecule has 0 saturated heterocycles. The highest BCUT2D eigenvalue weighted by Crippen LogP contribution is 2.55. The van der Waals surface area contributed by atoms with Crippen molar-refractivity contribution < 1.29 is 14.6 Å². The molecule has 4 saturated carbocycles. The van der Waals surface area contributed by atoms with E-state index < -0.39 is 6.10 Å². The molecular weight excluding hydrogens is 398 g/mol. The Labute approximate surface area is 191 Å². The molecule has 1 unspecified atom stereocenters. The molecule has 4 heteroatoms. The van der Waals surface area contributed by atoms with Gasteiger partial charge in [-0.2, -0.15) is 0 Å². The number of carbonyl (C=O) groups is 1. The Bertz CT molecular complexity index is 882. The molecule has 0 aromatic heterocycles. The number of carbonyl (C=O) groups excluding carboxylic acids is 1. The van der Waals surface area contributed by atoms with Crippen LogP contribution in [0.3, 0.4) is 0 Å². The summed E-state index contributed by atoms with van der Waals surface area (Å²) in [7, 11) is 0. The van der Waals surface area contributed by atoms with E-state index in [0.29, 0.717) is 31.4 Å². The molecule has 0 aliphatic heterocycles. The first-order chi connectivity index (χ1) is 15.6. The second kappa shape index (κ2) is 9.27. The monoisotopic (exact) mass is 433 g/mol. The molecule has 32 heavy (non-hydrogen) atoms. The molecule has 4 fully saturated rings. The second-order valence-corrected chi connectivity index (χ2v) is 10.2. The molecular formula is C28H35NO3. The summed E-state index contributed by atoms with van der Waals surface area (Å²) in [5, 5.41) is 10.4. The molecule has 1 N–H and O–H groups in total. The van der Waals surface area contributed by atoms with Crippen LogP contribution < -0.4 is 4.74 Å². The second-order valence-electron chi connectivity index (χ2n) is 10.2. The van der Waals surface area contributed by atoms with Gasteiger partial charge in [-0.05, 0) is 85.5 Å². The summed E-state index contributed by atoms with van der Waals surface area (Å²) in [5.41, 5.74) is 2.24. The first-order valence-corrected chi connectivity index (χ1v) is 12.3. The normalized spacial score (nSPS) is 29.0. The topological polar surface area (TPSA) is 49.8 Å². The van der Waals surface area contributed by atoms with Crippen LogP contribution in [0.15, 0.2) is 54.6 Å². The molecule has 0 radical (unpaired) electrons. The van der Waals surface area contributed by atoms with E-state index in [0.717, 1.165) is 28.7 Å². The average Bonchev–Trinajstić information content (AvgIpc) is 2.82. The largest absolute Gasteiger partial charge is 0.489 e. The molecule has 1 amide bonds. The summed E-state index contributed by atoms with van der Waals surface area (Å²) < 4.78 is 5.93. The minimum Gasteiger partial charge on any atom is -0.489 e. The molecule has 0 spiro atoms. The highest BCUT2D eigenvalue weighted by molar-refractivity contribution is 5.81. The summed E-state index contributed by atoms with van der Waals surface area (Å²) in [6.45, 7) is 3.00. The van der Waals surface area contributed by atoms with E-state index in [4.69, 9.17) is 4.74 Å². The quantitative estimate of drug-likeness (QED) is 0.623. The van der Waals surface area contributed by atoms with Crippen molar-refractivity contribution in [3.8, 4) is 5.75 Å². The van der Waals surface area contributed by atoms with E-state index >= 15 is 0 Å². The zero-order valence-electron chi connectivity index (χ0n) is 19.0. The van der Waals surface area contributed by atoms with Crippen LogP contribution in [0.4, 0.5) is 0 Å². The molecule has 1 atom stereocenters. The van der Waals surface area contributed by atoms with Crippen LogP contribution in [0, 0.1) is 23.7 Å². The first kappa shape index (κ1) is 21.5. The number of hydrogen-bond acceptors (Lipinski definition) is 3. The van der Waals surface area contributed by atoms with E-state index in [2.05, 4.69) is 24.3 Å². The van der Waals surface area contributed by atoms with E-state index in [1.807, 2.05) is 42.2 Å². The van der Waals surface area contributed by atoms with Crippen molar-refractivity contribution in [2.45, 2.75) is 70.7 Å². The molecule has 4 nitrogen and oxygen atoms in total. The van der Waals surface area contributed by atoms with Gasteiger partial charge in [-0.25, -0.2) is 0 Å². The number of benzene rings is 2. The van der Waals surface area contributed by atoms with Crippen LogP contribution in [0.1, 0.15) is 56.6 Å². The van der Waals surface area contributed by atoms with E-state index in [1.54, 1.807) is 0 Å². The SMILES string of the molecule is CCC(O)C(=O)N(Cc1ccc(OCc2ccccc2)cc1)C1C2CC3CC(C2)CC1C3. The Morgan fingerprint density at radius 3 is 2.16 bits per heavy atom. The van der Waals surface area contributed by atoms with Gasteiger partial charge in [-0.3, -0.25) is 4.79 Å². The van der Waals surface area contributed by atoms with Gasteiger partial charge in [0, 0.05) is 12.6 Å². The fourth-order valence-electron chi connectivity index (χ4n) is 6.73. The smallest absolute Gasteiger partial charge is 0.251 e. The van der Waals surface area contributed by atoms with Crippen LogP contribution in [-0.4, -0.2) is 28.1 Å². The Balaban J connectivity index is 1.30. The van der Waals surface area contributed by atoms with Crippen molar-refractivity contribution in [3.63, 3.8) is 0 Å². The summed E-state index contributed by atoms with van der Waals surface area (Å²) >= 11 is 0. The van der Waals surface area contributed by atoms with E-state index in [1.165, 1.54) is 32.1 Å². The summed E-state index contributed by atoms with van der Waals surface area (Å²) in [6.07, 6.45) is 6.00. The number of amides is 1. The van der Waals surface area contributed by atoms with E-state index in [9.17, 15) is 9.90 Å².